The number of carboxylic acids is 1. The molecule has 106 valence electrons. The Labute approximate surface area is 104 Å². The normalized spacial score (nSPS) is 20.9. The standard InChI is InChI=1S/C11H19F3N2O2/c1-16-4-2-8(3-5-16)6-15-7-9(10(17)18)11(12,13)14/h8-9,15H,2-7H2,1H3,(H,17,18). The predicted octanol–water partition coefficient (Wildman–Crippen LogP) is 1.18. The molecule has 1 aliphatic rings. The second-order valence-corrected chi connectivity index (χ2v) is 4.84. The van der Waals surface area contributed by atoms with Gasteiger partial charge in [0.05, 0.1) is 0 Å². The third-order valence-corrected chi connectivity index (χ3v) is 3.31. The topological polar surface area (TPSA) is 52.6 Å². The molecule has 0 aromatic rings. The van der Waals surface area contributed by atoms with Gasteiger partial charge in [-0.2, -0.15) is 13.2 Å². The molecular weight excluding hydrogens is 249 g/mol. The summed E-state index contributed by atoms with van der Waals surface area (Å²) in [4.78, 5) is 12.7. The Morgan fingerprint density at radius 3 is 2.44 bits per heavy atom. The summed E-state index contributed by atoms with van der Waals surface area (Å²) in [6.07, 6.45) is -2.81. The van der Waals surface area contributed by atoms with Gasteiger partial charge in [0.15, 0.2) is 5.92 Å². The van der Waals surface area contributed by atoms with E-state index in [1.165, 1.54) is 0 Å². The number of hydrogen-bond acceptors (Lipinski definition) is 3. The number of rotatable bonds is 5. The number of alkyl halides is 3. The summed E-state index contributed by atoms with van der Waals surface area (Å²) in [7, 11) is 2.01. The number of nitrogens with one attached hydrogen (secondary N) is 1. The van der Waals surface area contributed by atoms with Gasteiger partial charge in [-0.15, -0.1) is 0 Å². The average Bonchev–Trinajstić information content (AvgIpc) is 2.24. The molecule has 0 aromatic heterocycles. The van der Waals surface area contributed by atoms with Gasteiger partial charge in [0, 0.05) is 6.54 Å². The molecule has 2 N–H and O–H groups in total. The maximum absolute atomic E-state index is 12.4. The molecule has 7 heteroatoms. The van der Waals surface area contributed by atoms with Gasteiger partial charge >= 0.3 is 12.1 Å². The fraction of sp³-hybridized carbons (Fsp3) is 0.909. The van der Waals surface area contributed by atoms with Crippen LogP contribution in [0.1, 0.15) is 12.8 Å². The van der Waals surface area contributed by atoms with Crippen LogP contribution >= 0.6 is 0 Å². The molecule has 1 atom stereocenters. The molecule has 0 saturated carbocycles. The Morgan fingerprint density at radius 2 is 2.00 bits per heavy atom. The van der Waals surface area contributed by atoms with Crippen molar-refractivity contribution < 1.29 is 23.1 Å². The molecule has 1 rings (SSSR count). The first-order chi connectivity index (χ1) is 8.30. The van der Waals surface area contributed by atoms with Crippen LogP contribution in [0, 0.1) is 11.8 Å². The number of nitrogens with zero attached hydrogens (tertiary/aromatic N) is 1. The van der Waals surface area contributed by atoms with Gasteiger partial charge in [-0.25, -0.2) is 0 Å². The summed E-state index contributed by atoms with van der Waals surface area (Å²) in [5.41, 5.74) is 0. The largest absolute Gasteiger partial charge is 0.481 e. The fourth-order valence-corrected chi connectivity index (χ4v) is 2.04. The molecule has 0 aliphatic carbocycles. The third kappa shape index (κ3) is 4.81. The van der Waals surface area contributed by atoms with E-state index in [9.17, 15) is 18.0 Å². The molecule has 1 heterocycles. The zero-order chi connectivity index (χ0) is 13.8. The highest BCUT2D eigenvalue weighted by molar-refractivity contribution is 5.71. The van der Waals surface area contributed by atoms with Crippen molar-refractivity contribution in [2.75, 3.05) is 33.2 Å². The quantitative estimate of drug-likeness (QED) is 0.786. The Kier molecular flexibility index (Phi) is 5.40. The Bertz CT molecular complexity index is 276. The highest BCUT2D eigenvalue weighted by Crippen LogP contribution is 2.26. The number of likely N-dealkylation sites (tertiary alicyclic amines) is 1. The van der Waals surface area contributed by atoms with Gasteiger partial charge in [-0.1, -0.05) is 0 Å². The summed E-state index contributed by atoms with van der Waals surface area (Å²) >= 11 is 0. The van der Waals surface area contributed by atoms with Crippen LogP contribution in [0.25, 0.3) is 0 Å². The Hall–Kier alpha value is -0.820. The number of halogens is 3. The maximum atomic E-state index is 12.4. The van der Waals surface area contributed by atoms with Crippen LogP contribution in [0.15, 0.2) is 0 Å². The SMILES string of the molecule is CN1CCC(CNCC(C(=O)O)C(F)(F)F)CC1. The lowest BCUT2D eigenvalue weighted by Crippen LogP contribution is -2.41. The summed E-state index contributed by atoms with van der Waals surface area (Å²) in [6, 6.07) is 0. The molecule has 0 amide bonds. The molecule has 0 aromatic carbocycles. The van der Waals surface area contributed by atoms with Crippen LogP contribution in [0.2, 0.25) is 0 Å². The monoisotopic (exact) mass is 268 g/mol. The van der Waals surface area contributed by atoms with E-state index in [4.69, 9.17) is 5.11 Å². The van der Waals surface area contributed by atoms with Crippen molar-refractivity contribution in [2.24, 2.45) is 11.8 Å². The van der Waals surface area contributed by atoms with Crippen molar-refractivity contribution in [1.82, 2.24) is 10.2 Å². The number of piperidine rings is 1. The molecule has 1 aliphatic heterocycles. The van der Waals surface area contributed by atoms with E-state index in [1.54, 1.807) is 0 Å². The lowest BCUT2D eigenvalue weighted by Gasteiger charge is -2.29. The zero-order valence-corrected chi connectivity index (χ0v) is 10.3. The summed E-state index contributed by atoms with van der Waals surface area (Å²) < 4.78 is 37.1. The number of aliphatic carboxylic acids is 1. The molecule has 0 radical (unpaired) electrons. The zero-order valence-electron chi connectivity index (χ0n) is 10.3. The highest BCUT2D eigenvalue weighted by atomic mass is 19.4. The lowest BCUT2D eigenvalue weighted by atomic mass is 9.97. The lowest BCUT2D eigenvalue weighted by molar-refractivity contribution is -0.192. The summed E-state index contributed by atoms with van der Waals surface area (Å²) in [5, 5.41) is 11.2. The third-order valence-electron chi connectivity index (χ3n) is 3.31. The first-order valence-corrected chi connectivity index (χ1v) is 5.99. The van der Waals surface area contributed by atoms with Crippen LogP contribution in [0.5, 0.6) is 0 Å². The second kappa shape index (κ2) is 6.38. The van der Waals surface area contributed by atoms with E-state index in [0.29, 0.717) is 12.5 Å². The molecule has 0 bridgehead atoms. The van der Waals surface area contributed by atoms with Gasteiger partial charge in [0.25, 0.3) is 0 Å². The number of carboxylic acid groups (broad SMARTS) is 1. The molecule has 1 saturated heterocycles. The van der Waals surface area contributed by atoms with Crippen molar-refractivity contribution in [3.8, 4) is 0 Å². The Morgan fingerprint density at radius 1 is 1.44 bits per heavy atom. The van der Waals surface area contributed by atoms with Gasteiger partial charge in [-0.05, 0) is 45.4 Å². The van der Waals surface area contributed by atoms with Gasteiger partial charge < -0.3 is 15.3 Å². The predicted molar refractivity (Wildman–Crippen MR) is 60.3 cm³/mol. The van der Waals surface area contributed by atoms with Crippen molar-refractivity contribution in [1.29, 1.82) is 0 Å². The van der Waals surface area contributed by atoms with E-state index >= 15 is 0 Å². The fourth-order valence-electron chi connectivity index (χ4n) is 2.04. The first-order valence-electron chi connectivity index (χ1n) is 5.99. The minimum absolute atomic E-state index is 0.337. The number of carbonyl (C=O) groups is 1. The van der Waals surface area contributed by atoms with Crippen molar-refractivity contribution >= 4 is 5.97 Å². The molecular formula is C11H19F3N2O2. The minimum atomic E-state index is -4.69. The molecule has 1 unspecified atom stereocenters. The first kappa shape index (κ1) is 15.2. The molecule has 1 fully saturated rings. The van der Waals surface area contributed by atoms with Crippen LogP contribution in [-0.2, 0) is 4.79 Å². The smallest absolute Gasteiger partial charge is 0.403 e. The maximum Gasteiger partial charge on any atom is 0.403 e. The van der Waals surface area contributed by atoms with Crippen LogP contribution < -0.4 is 5.32 Å². The Balaban J connectivity index is 2.29. The van der Waals surface area contributed by atoms with E-state index in [0.717, 1.165) is 25.9 Å². The molecule has 18 heavy (non-hydrogen) atoms. The van der Waals surface area contributed by atoms with Crippen LogP contribution in [0.3, 0.4) is 0 Å². The second-order valence-electron chi connectivity index (χ2n) is 4.84. The van der Waals surface area contributed by atoms with Crippen molar-refractivity contribution in [3.05, 3.63) is 0 Å². The minimum Gasteiger partial charge on any atom is -0.481 e. The molecule has 4 nitrogen and oxygen atoms in total. The molecule has 0 spiro atoms. The van der Waals surface area contributed by atoms with Crippen LogP contribution in [0.4, 0.5) is 13.2 Å². The number of hydrogen-bond donors (Lipinski definition) is 2. The van der Waals surface area contributed by atoms with Gasteiger partial charge in [0.1, 0.15) is 0 Å². The summed E-state index contributed by atoms with van der Waals surface area (Å²) in [6.45, 7) is 1.78. The van der Waals surface area contributed by atoms with E-state index in [2.05, 4.69) is 10.2 Å². The van der Waals surface area contributed by atoms with E-state index in [1.807, 2.05) is 7.05 Å². The van der Waals surface area contributed by atoms with Gasteiger partial charge in [0.2, 0.25) is 0 Å². The average molecular weight is 268 g/mol. The van der Waals surface area contributed by atoms with Crippen LogP contribution in [-0.4, -0.2) is 55.4 Å². The summed E-state index contributed by atoms with van der Waals surface area (Å²) in [5.74, 6) is -3.80. The van der Waals surface area contributed by atoms with Gasteiger partial charge in [-0.3, -0.25) is 4.79 Å². The van der Waals surface area contributed by atoms with E-state index < -0.39 is 24.6 Å². The van der Waals surface area contributed by atoms with Crippen molar-refractivity contribution in [3.63, 3.8) is 0 Å². The van der Waals surface area contributed by atoms with E-state index in [-0.39, 0.29) is 0 Å². The highest BCUT2D eigenvalue weighted by Gasteiger charge is 2.44. The van der Waals surface area contributed by atoms with Crippen molar-refractivity contribution in [2.45, 2.75) is 19.0 Å².